The first-order valence-electron chi connectivity index (χ1n) is 10.4. The van der Waals surface area contributed by atoms with E-state index < -0.39 is 10.0 Å². The quantitative estimate of drug-likeness (QED) is 0.257. The van der Waals surface area contributed by atoms with Crippen molar-refractivity contribution in [3.8, 4) is 34.3 Å². The highest BCUT2D eigenvalue weighted by atomic mass is 35.5. The van der Waals surface area contributed by atoms with Gasteiger partial charge in [-0.3, -0.25) is 4.72 Å². The molecular weight excluding hydrogens is 508 g/mol. The van der Waals surface area contributed by atoms with Crippen LogP contribution in [0.1, 0.15) is 0 Å². The SMILES string of the molecule is O=S(=O)(Nc1ccc(-c2nc(-c3ccc4c(c3)Oc3ccccc3N4)no2)cc1)c1ccc(Cl)s1. The smallest absolute Gasteiger partial charge is 0.271 e. The number of hydrogen-bond donors (Lipinski definition) is 2. The number of halogens is 1. The lowest BCUT2D eigenvalue weighted by Crippen LogP contribution is -2.11. The molecule has 0 atom stereocenters. The van der Waals surface area contributed by atoms with Gasteiger partial charge >= 0.3 is 0 Å². The molecule has 0 unspecified atom stereocenters. The van der Waals surface area contributed by atoms with E-state index in [1.807, 2.05) is 42.5 Å². The lowest BCUT2D eigenvalue weighted by atomic mass is 10.1. The summed E-state index contributed by atoms with van der Waals surface area (Å²) in [5.41, 5.74) is 3.53. The van der Waals surface area contributed by atoms with E-state index >= 15 is 0 Å². The zero-order chi connectivity index (χ0) is 24.0. The van der Waals surface area contributed by atoms with Gasteiger partial charge in [-0.1, -0.05) is 28.9 Å². The van der Waals surface area contributed by atoms with Crippen LogP contribution in [-0.4, -0.2) is 18.6 Å². The van der Waals surface area contributed by atoms with Gasteiger partial charge in [0.15, 0.2) is 11.5 Å². The van der Waals surface area contributed by atoms with Crippen LogP contribution < -0.4 is 14.8 Å². The number of nitrogens with one attached hydrogen (secondary N) is 2. The van der Waals surface area contributed by atoms with E-state index in [0.717, 1.165) is 34.0 Å². The fraction of sp³-hybridized carbons (Fsp3) is 0. The molecule has 0 fully saturated rings. The maximum Gasteiger partial charge on any atom is 0.271 e. The third kappa shape index (κ3) is 4.23. The predicted octanol–water partition coefficient (Wildman–Crippen LogP) is 6.77. The van der Waals surface area contributed by atoms with E-state index in [2.05, 4.69) is 20.2 Å². The largest absolute Gasteiger partial charge is 0.453 e. The molecule has 2 aromatic heterocycles. The maximum atomic E-state index is 12.5. The summed E-state index contributed by atoms with van der Waals surface area (Å²) in [6, 6.07) is 23.0. The first kappa shape index (κ1) is 21.7. The normalized spacial score (nSPS) is 12.3. The Labute approximate surface area is 209 Å². The van der Waals surface area contributed by atoms with Crippen molar-refractivity contribution in [1.29, 1.82) is 0 Å². The summed E-state index contributed by atoms with van der Waals surface area (Å²) in [6.45, 7) is 0. The van der Waals surface area contributed by atoms with Crippen LogP contribution in [0.4, 0.5) is 17.1 Å². The number of aromatic nitrogens is 2. The Kier molecular flexibility index (Phi) is 5.21. The van der Waals surface area contributed by atoms with Crippen molar-refractivity contribution < 1.29 is 17.7 Å². The number of thiophene rings is 1. The molecule has 0 saturated heterocycles. The van der Waals surface area contributed by atoms with Crippen molar-refractivity contribution >= 4 is 50.0 Å². The minimum atomic E-state index is -3.71. The van der Waals surface area contributed by atoms with Gasteiger partial charge in [0.05, 0.1) is 15.7 Å². The number of hydrogen-bond acceptors (Lipinski definition) is 8. The van der Waals surface area contributed by atoms with Crippen LogP contribution in [0.5, 0.6) is 11.5 Å². The van der Waals surface area contributed by atoms with Crippen LogP contribution in [0.2, 0.25) is 4.34 Å². The third-order valence-electron chi connectivity index (χ3n) is 5.24. The molecule has 1 aliphatic rings. The molecule has 3 heterocycles. The monoisotopic (exact) mass is 522 g/mol. The van der Waals surface area contributed by atoms with Crippen molar-refractivity contribution in [2.75, 3.05) is 10.0 Å². The van der Waals surface area contributed by atoms with Gasteiger partial charge in [0.2, 0.25) is 5.82 Å². The first-order chi connectivity index (χ1) is 16.9. The van der Waals surface area contributed by atoms with Crippen molar-refractivity contribution in [3.63, 3.8) is 0 Å². The lowest BCUT2D eigenvalue weighted by molar-refractivity contribution is 0.432. The molecule has 3 aromatic carbocycles. The summed E-state index contributed by atoms with van der Waals surface area (Å²) in [6.07, 6.45) is 0. The Morgan fingerprint density at radius 2 is 1.66 bits per heavy atom. The Hall–Kier alpha value is -3.86. The Balaban J connectivity index is 1.21. The third-order valence-corrected chi connectivity index (χ3v) is 8.34. The molecule has 1 aliphatic heterocycles. The standard InChI is InChI=1S/C24H15ClN4O4S2/c25-21-11-12-22(34-21)35(30,31)29-16-8-5-14(6-9-16)24-27-23(28-33-24)15-7-10-18-20(13-15)32-19-4-2-1-3-17(19)26-18/h1-13,26,29H. The topological polar surface area (TPSA) is 106 Å². The molecule has 0 saturated carbocycles. The van der Waals surface area contributed by atoms with Gasteiger partial charge < -0.3 is 14.6 Å². The molecule has 11 heteroatoms. The zero-order valence-corrected chi connectivity index (χ0v) is 20.1. The predicted molar refractivity (Wildman–Crippen MR) is 135 cm³/mol. The molecule has 8 nitrogen and oxygen atoms in total. The van der Waals surface area contributed by atoms with Gasteiger partial charge in [0.25, 0.3) is 15.9 Å². The number of ether oxygens (including phenoxy) is 1. The van der Waals surface area contributed by atoms with E-state index in [1.165, 1.54) is 6.07 Å². The number of para-hydroxylation sites is 2. The molecule has 5 aromatic rings. The lowest BCUT2D eigenvalue weighted by Gasteiger charge is -2.21. The molecule has 6 rings (SSSR count). The molecule has 0 radical (unpaired) electrons. The van der Waals surface area contributed by atoms with Gasteiger partial charge in [0, 0.05) is 16.8 Å². The maximum absolute atomic E-state index is 12.5. The summed E-state index contributed by atoms with van der Waals surface area (Å²) in [7, 11) is -3.71. The van der Waals surface area contributed by atoms with Crippen LogP contribution in [-0.2, 0) is 10.0 Å². The molecule has 174 valence electrons. The second kappa shape index (κ2) is 8.42. The van der Waals surface area contributed by atoms with Gasteiger partial charge in [-0.2, -0.15) is 4.98 Å². The highest BCUT2D eigenvalue weighted by Gasteiger charge is 2.19. The Morgan fingerprint density at radius 3 is 2.46 bits per heavy atom. The van der Waals surface area contributed by atoms with Crippen molar-refractivity contribution in [2.45, 2.75) is 4.21 Å². The second-order valence-electron chi connectivity index (χ2n) is 7.60. The number of anilines is 3. The number of rotatable bonds is 5. The molecular formula is C24H15ClN4O4S2. The summed E-state index contributed by atoms with van der Waals surface area (Å²) < 4.78 is 39.5. The van der Waals surface area contributed by atoms with E-state index in [4.69, 9.17) is 20.9 Å². The zero-order valence-electron chi connectivity index (χ0n) is 17.7. The summed E-state index contributed by atoms with van der Waals surface area (Å²) in [4.78, 5) is 4.49. The van der Waals surface area contributed by atoms with Crippen LogP contribution in [0, 0.1) is 0 Å². The fourth-order valence-corrected chi connectivity index (χ4v) is 6.10. The number of sulfonamides is 1. The van der Waals surface area contributed by atoms with Gasteiger partial charge in [-0.05, 0) is 66.7 Å². The number of benzene rings is 3. The second-order valence-corrected chi connectivity index (χ2v) is 11.2. The van der Waals surface area contributed by atoms with E-state index in [0.29, 0.717) is 33.1 Å². The molecule has 35 heavy (non-hydrogen) atoms. The summed E-state index contributed by atoms with van der Waals surface area (Å²) >= 11 is 6.84. The van der Waals surface area contributed by atoms with Crippen molar-refractivity contribution in [2.24, 2.45) is 0 Å². The molecule has 0 spiro atoms. The van der Waals surface area contributed by atoms with Crippen LogP contribution >= 0.6 is 22.9 Å². The minimum absolute atomic E-state index is 0.140. The van der Waals surface area contributed by atoms with Gasteiger partial charge in [-0.15, -0.1) is 11.3 Å². The van der Waals surface area contributed by atoms with E-state index in [-0.39, 0.29) is 4.21 Å². The van der Waals surface area contributed by atoms with Crippen LogP contribution in [0.25, 0.3) is 22.8 Å². The molecule has 0 amide bonds. The van der Waals surface area contributed by atoms with Crippen LogP contribution in [0.15, 0.2) is 87.6 Å². The highest BCUT2D eigenvalue weighted by molar-refractivity contribution is 7.94. The average molecular weight is 523 g/mol. The van der Waals surface area contributed by atoms with E-state index in [1.54, 1.807) is 30.3 Å². The molecule has 0 bridgehead atoms. The van der Waals surface area contributed by atoms with Gasteiger partial charge in [-0.25, -0.2) is 8.42 Å². The summed E-state index contributed by atoms with van der Waals surface area (Å²) in [5.74, 6) is 2.12. The first-order valence-corrected chi connectivity index (χ1v) is 13.0. The average Bonchev–Trinajstić information content (AvgIpc) is 3.53. The number of fused-ring (bicyclic) bond motifs is 2. The fourth-order valence-electron chi connectivity index (χ4n) is 3.56. The number of nitrogens with zero attached hydrogens (tertiary/aromatic N) is 2. The Morgan fingerprint density at radius 1 is 0.886 bits per heavy atom. The van der Waals surface area contributed by atoms with Gasteiger partial charge in [0.1, 0.15) is 4.21 Å². The Bertz CT molecular complexity index is 1660. The van der Waals surface area contributed by atoms with E-state index in [9.17, 15) is 8.42 Å². The van der Waals surface area contributed by atoms with Crippen molar-refractivity contribution in [3.05, 3.63) is 83.2 Å². The summed E-state index contributed by atoms with van der Waals surface area (Å²) in [5, 5.41) is 7.43. The molecule has 2 N–H and O–H groups in total. The minimum Gasteiger partial charge on any atom is -0.453 e. The van der Waals surface area contributed by atoms with Crippen LogP contribution in [0.3, 0.4) is 0 Å². The highest BCUT2D eigenvalue weighted by Crippen LogP contribution is 2.43. The molecule has 0 aliphatic carbocycles. The van der Waals surface area contributed by atoms with Crippen molar-refractivity contribution in [1.82, 2.24) is 10.1 Å².